The van der Waals surface area contributed by atoms with Gasteiger partial charge in [-0.2, -0.15) is 0 Å². The van der Waals surface area contributed by atoms with Crippen LogP contribution in [0, 0.1) is 0 Å². The maximum Gasteiger partial charge on any atom is 0.352 e. The number of amides is 3. The molecule has 27 heavy (non-hydrogen) atoms. The first kappa shape index (κ1) is 18.8. The summed E-state index contributed by atoms with van der Waals surface area (Å²) >= 11 is 2.42. The van der Waals surface area contributed by atoms with Gasteiger partial charge in [-0.05, 0) is 6.08 Å². The average molecular weight is 411 g/mol. The zero-order valence-corrected chi connectivity index (χ0v) is 15.4. The van der Waals surface area contributed by atoms with Gasteiger partial charge in [-0.25, -0.2) is 9.78 Å². The number of carboxylic acid groups (broad SMARTS) is 1. The normalized spacial score (nSPS) is 21.5. The number of nitrogens with zero attached hydrogens (tertiary/aromatic N) is 3. The fourth-order valence-electron chi connectivity index (χ4n) is 2.54. The molecule has 3 N–H and O–H groups in total. The molecule has 13 heteroatoms. The molecule has 142 valence electrons. The number of aliphatic carboxylic acids is 1. The third-order valence-electron chi connectivity index (χ3n) is 3.68. The number of thioether (sulfide) groups is 1. The Morgan fingerprint density at radius 2 is 2.30 bits per heavy atom. The van der Waals surface area contributed by atoms with E-state index in [9.17, 15) is 19.2 Å². The van der Waals surface area contributed by atoms with Crippen molar-refractivity contribution in [3.63, 3.8) is 0 Å². The number of nitrogens with one attached hydrogen (secondary N) is 2. The largest absolute Gasteiger partial charge is 0.477 e. The molecule has 0 spiro atoms. The van der Waals surface area contributed by atoms with Crippen LogP contribution in [0.2, 0.25) is 0 Å². The van der Waals surface area contributed by atoms with Crippen LogP contribution >= 0.6 is 23.1 Å². The number of β-lactam (4-membered cyclic amide) rings is 1. The van der Waals surface area contributed by atoms with E-state index in [1.807, 2.05) is 0 Å². The molecular weight excluding hydrogens is 398 g/mol. The number of fused-ring (bicyclic) bond motifs is 1. The molecule has 0 radical (unpaired) electrons. The van der Waals surface area contributed by atoms with Gasteiger partial charge >= 0.3 is 5.97 Å². The molecule has 1 fully saturated rings. The van der Waals surface area contributed by atoms with Crippen LogP contribution < -0.4 is 10.6 Å². The summed E-state index contributed by atoms with van der Waals surface area (Å²) in [6.45, 7) is 0. The Balaban J connectivity index is 1.74. The third-order valence-corrected chi connectivity index (χ3v) is 5.64. The molecule has 0 aromatic carbocycles. The van der Waals surface area contributed by atoms with Gasteiger partial charge in [0.15, 0.2) is 10.8 Å². The summed E-state index contributed by atoms with van der Waals surface area (Å²) in [6, 6.07) is -0.890. The van der Waals surface area contributed by atoms with E-state index < -0.39 is 29.2 Å². The molecule has 0 aliphatic carbocycles. The fourth-order valence-corrected chi connectivity index (χ4v) is 4.39. The number of rotatable bonds is 7. The van der Waals surface area contributed by atoms with Gasteiger partial charge in [-0.1, -0.05) is 5.16 Å². The van der Waals surface area contributed by atoms with E-state index in [-0.39, 0.29) is 22.2 Å². The predicted octanol–water partition coefficient (Wildman–Crippen LogP) is -0.570. The third kappa shape index (κ3) is 3.50. The van der Waals surface area contributed by atoms with E-state index in [4.69, 9.17) is 5.11 Å². The van der Waals surface area contributed by atoms with Crippen LogP contribution in [0.25, 0.3) is 0 Å². The van der Waals surface area contributed by atoms with Crippen molar-refractivity contribution in [2.24, 2.45) is 5.16 Å². The van der Waals surface area contributed by atoms with E-state index in [0.29, 0.717) is 12.2 Å². The Labute approximate surface area is 160 Å². The monoisotopic (exact) mass is 411 g/mol. The maximum absolute atomic E-state index is 12.6. The molecule has 1 saturated heterocycles. The maximum atomic E-state index is 12.6. The van der Waals surface area contributed by atoms with E-state index in [0.717, 1.165) is 16.2 Å². The number of hydrogen-bond donors (Lipinski definition) is 3. The summed E-state index contributed by atoms with van der Waals surface area (Å²) < 4.78 is 0. The van der Waals surface area contributed by atoms with Crippen molar-refractivity contribution in [3.05, 3.63) is 22.8 Å². The smallest absolute Gasteiger partial charge is 0.352 e. The summed E-state index contributed by atoms with van der Waals surface area (Å²) in [5.74, 6) is -2.01. The SMILES string of the molecule is CO/N=C(\C(=O)N[C@@H]1C(=O)N2C(C(=O)O)=CCS[C@H]12)c1csc(NC=O)n1. The first-order valence-corrected chi connectivity index (χ1v) is 9.37. The van der Waals surface area contributed by atoms with E-state index in [1.54, 1.807) is 0 Å². The van der Waals surface area contributed by atoms with Crippen molar-refractivity contribution < 1.29 is 29.1 Å². The van der Waals surface area contributed by atoms with Crippen LogP contribution in [0.4, 0.5) is 5.13 Å². The molecule has 2 aliphatic rings. The van der Waals surface area contributed by atoms with E-state index in [2.05, 4.69) is 25.6 Å². The van der Waals surface area contributed by atoms with Gasteiger partial charge in [-0.15, -0.1) is 23.1 Å². The lowest BCUT2D eigenvalue weighted by atomic mass is 10.0. The Morgan fingerprint density at radius 1 is 1.52 bits per heavy atom. The number of carbonyl (C=O) groups excluding carboxylic acids is 3. The van der Waals surface area contributed by atoms with Crippen molar-refractivity contribution in [2.45, 2.75) is 11.4 Å². The second-order valence-corrected chi connectivity index (χ2v) is 7.21. The molecule has 0 bridgehead atoms. The fraction of sp³-hybridized carbons (Fsp3) is 0.286. The second kappa shape index (κ2) is 7.75. The van der Waals surface area contributed by atoms with E-state index in [1.165, 1.54) is 30.3 Å². The quantitative estimate of drug-likeness (QED) is 0.234. The molecule has 1 aromatic rings. The highest BCUT2D eigenvalue weighted by atomic mass is 32.2. The van der Waals surface area contributed by atoms with Gasteiger partial charge in [0.1, 0.15) is 29.9 Å². The molecule has 0 saturated carbocycles. The molecule has 1 aromatic heterocycles. The average Bonchev–Trinajstić information content (AvgIpc) is 3.11. The van der Waals surface area contributed by atoms with Crippen LogP contribution in [0.5, 0.6) is 0 Å². The Morgan fingerprint density at radius 3 is 2.96 bits per heavy atom. The summed E-state index contributed by atoms with van der Waals surface area (Å²) in [4.78, 5) is 56.5. The molecule has 11 nitrogen and oxygen atoms in total. The topological polar surface area (TPSA) is 150 Å². The molecule has 3 heterocycles. The summed E-state index contributed by atoms with van der Waals surface area (Å²) in [5, 5.41) is 19.0. The number of aromatic nitrogens is 1. The highest BCUT2D eigenvalue weighted by Crippen LogP contribution is 2.37. The van der Waals surface area contributed by atoms with Crippen molar-refractivity contribution in [3.8, 4) is 0 Å². The van der Waals surface area contributed by atoms with Gasteiger partial charge in [0, 0.05) is 11.1 Å². The van der Waals surface area contributed by atoms with Gasteiger partial charge in [0.25, 0.3) is 11.8 Å². The van der Waals surface area contributed by atoms with Gasteiger partial charge in [0.05, 0.1) is 0 Å². The minimum Gasteiger partial charge on any atom is -0.477 e. The lowest BCUT2D eigenvalue weighted by Gasteiger charge is -2.48. The highest BCUT2D eigenvalue weighted by Gasteiger charge is 2.53. The van der Waals surface area contributed by atoms with Gasteiger partial charge in [0.2, 0.25) is 6.41 Å². The van der Waals surface area contributed by atoms with Crippen LogP contribution in [-0.2, 0) is 24.0 Å². The lowest BCUT2D eigenvalue weighted by molar-refractivity contribution is -0.150. The van der Waals surface area contributed by atoms with E-state index >= 15 is 0 Å². The summed E-state index contributed by atoms with van der Waals surface area (Å²) in [7, 11) is 1.25. The molecule has 2 atom stereocenters. The first-order chi connectivity index (χ1) is 13.0. The molecular formula is C14H13N5O6S2. The molecule has 0 unspecified atom stereocenters. The molecule has 3 rings (SSSR count). The minimum absolute atomic E-state index is 0.0934. The van der Waals surface area contributed by atoms with Crippen molar-refractivity contribution >= 4 is 58.1 Å². The Hall–Kier alpha value is -2.93. The van der Waals surface area contributed by atoms with Gasteiger partial charge < -0.3 is 20.6 Å². The Kier molecular flexibility index (Phi) is 5.41. The number of carboxylic acids is 1. The zero-order valence-electron chi connectivity index (χ0n) is 13.7. The Bertz CT molecular complexity index is 866. The highest BCUT2D eigenvalue weighted by molar-refractivity contribution is 8.00. The number of oxime groups is 1. The summed E-state index contributed by atoms with van der Waals surface area (Å²) in [5.41, 5.74) is -0.104. The van der Waals surface area contributed by atoms with Gasteiger partial charge in [-0.3, -0.25) is 19.3 Å². The number of hydrogen-bond acceptors (Lipinski definition) is 9. The van der Waals surface area contributed by atoms with Crippen LogP contribution in [0.3, 0.4) is 0 Å². The standard InChI is InChI=1S/C14H13N5O6S2/c1-25-18-8(6-4-27-14(16-6)15-5-20)10(21)17-9-11(22)19-7(13(23)24)2-3-26-12(9)19/h2,4-5,9,12H,3H2,1H3,(H,17,21)(H,23,24)(H,15,16,20)/b18-8-/t9-,12-/m1/s1. The zero-order chi connectivity index (χ0) is 19.6. The minimum atomic E-state index is -1.20. The van der Waals surface area contributed by atoms with Crippen molar-refractivity contribution in [2.75, 3.05) is 18.2 Å². The van der Waals surface area contributed by atoms with Crippen LogP contribution in [-0.4, -0.2) is 69.2 Å². The number of thiazole rings is 1. The lowest BCUT2D eigenvalue weighted by Crippen LogP contribution is -2.70. The summed E-state index contributed by atoms with van der Waals surface area (Å²) in [6.07, 6.45) is 1.90. The van der Waals surface area contributed by atoms with Crippen molar-refractivity contribution in [1.29, 1.82) is 0 Å². The molecule has 3 amide bonds. The number of anilines is 1. The molecule has 2 aliphatic heterocycles. The first-order valence-electron chi connectivity index (χ1n) is 7.44. The van der Waals surface area contributed by atoms with Crippen molar-refractivity contribution in [1.82, 2.24) is 15.2 Å². The second-order valence-electron chi connectivity index (χ2n) is 5.20. The predicted molar refractivity (Wildman–Crippen MR) is 96.1 cm³/mol. The number of carbonyl (C=O) groups is 4. The van der Waals surface area contributed by atoms with Crippen LogP contribution in [0.15, 0.2) is 22.3 Å². The van der Waals surface area contributed by atoms with Crippen LogP contribution in [0.1, 0.15) is 5.69 Å².